The molecule has 7 N–H and O–H groups in total. The number of fused-ring (bicyclic) bond motifs is 5. The Morgan fingerprint density at radius 3 is 2.18 bits per heavy atom. The Labute approximate surface area is 386 Å². The number of ether oxygens (including phenoxy) is 7. The topological polar surface area (TPSA) is 323 Å². The van der Waals surface area contributed by atoms with E-state index in [0.717, 1.165) is 6.92 Å². The molecule has 13 atom stereocenters. The van der Waals surface area contributed by atoms with Gasteiger partial charge in [0.1, 0.15) is 29.5 Å². The second kappa shape index (κ2) is 18.5. The van der Waals surface area contributed by atoms with Crippen LogP contribution >= 0.6 is 0 Å². The summed E-state index contributed by atoms with van der Waals surface area (Å²) in [6.45, 7) is 10.2. The average molecular weight is 944 g/mol. The average Bonchev–Trinajstić information content (AvgIpc) is 4.08. The molecular formula is C46H61N3O18. The van der Waals surface area contributed by atoms with Crippen molar-refractivity contribution in [1.82, 2.24) is 5.32 Å². The van der Waals surface area contributed by atoms with Crippen LogP contribution in [-0.4, -0.2) is 136 Å². The van der Waals surface area contributed by atoms with E-state index < -0.39 is 167 Å². The van der Waals surface area contributed by atoms with Gasteiger partial charge in [0.2, 0.25) is 23.6 Å². The molecule has 21 heteroatoms. The molecule has 1 aliphatic heterocycles. The highest BCUT2D eigenvalue weighted by atomic mass is 16.6. The molecule has 21 nitrogen and oxygen atoms in total. The minimum absolute atomic E-state index is 0.0211. The number of rotatable bonds is 14. The third-order valence-electron chi connectivity index (χ3n) is 14.2. The highest BCUT2D eigenvalue weighted by molar-refractivity contribution is 6.40. The van der Waals surface area contributed by atoms with Gasteiger partial charge < -0.3 is 60.2 Å². The predicted molar refractivity (Wildman–Crippen MR) is 227 cm³/mol. The van der Waals surface area contributed by atoms with Gasteiger partial charge in [-0.2, -0.15) is 0 Å². The first-order valence-electron chi connectivity index (χ1n) is 22.2. The van der Waals surface area contributed by atoms with Crippen LogP contribution in [0.25, 0.3) is 0 Å². The molecule has 2 amide bonds. The van der Waals surface area contributed by atoms with Crippen LogP contribution < -0.4 is 16.8 Å². The molecule has 2 unspecified atom stereocenters. The van der Waals surface area contributed by atoms with Crippen molar-refractivity contribution >= 4 is 53.4 Å². The van der Waals surface area contributed by atoms with E-state index in [1.807, 2.05) is 0 Å². The molecule has 1 aromatic carbocycles. The zero-order valence-corrected chi connectivity index (χ0v) is 38.8. The van der Waals surface area contributed by atoms with Gasteiger partial charge in [0.25, 0.3) is 0 Å². The number of alkyl carbamates (subject to hydrolysis) is 1. The van der Waals surface area contributed by atoms with Crippen LogP contribution in [0.15, 0.2) is 30.3 Å². The van der Waals surface area contributed by atoms with Crippen molar-refractivity contribution in [2.24, 2.45) is 46.0 Å². The maximum Gasteiger partial charge on any atom is 0.408 e. The standard InChI is InChI=1S/C46H61N3O18/c1-21-26(63-40(58)34(32(23-14-15-23)49-41(59)67-42(3,4)5)64-30(53)19-61-29(52)16-25(47)38(48)56)18-46(60)37(65-39(57)24-12-10-9-11-13-24)35-44(8,36(55)33(54)31(21)43(46,6)7)27(51)17-28-45(35,20-62-28)66-22(2)50/h9-13,21,23,25-28,31-32,34-35,37,51,60H,14-20,47H2,1-8H3,(H2,48,56)(H,49,59)/t21?,25-,26-,27-,28+,31?,32-,34+,35-,37-,44+,45-,46+/m0/s1. The van der Waals surface area contributed by atoms with Gasteiger partial charge in [-0.05, 0) is 58.6 Å². The lowest BCUT2D eigenvalue weighted by molar-refractivity contribution is -0.350. The summed E-state index contributed by atoms with van der Waals surface area (Å²) >= 11 is 0. The monoisotopic (exact) mass is 943 g/mol. The Morgan fingerprint density at radius 1 is 0.985 bits per heavy atom. The van der Waals surface area contributed by atoms with E-state index in [4.69, 9.17) is 44.6 Å². The van der Waals surface area contributed by atoms with Crippen molar-refractivity contribution in [2.45, 2.75) is 147 Å². The molecule has 4 saturated carbocycles. The number of benzene rings is 1. The number of ketones is 2. The van der Waals surface area contributed by atoms with Crippen molar-refractivity contribution in [1.29, 1.82) is 0 Å². The fourth-order valence-corrected chi connectivity index (χ4v) is 10.6. The Balaban J connectivity index is 1.43. The molecule has 0 spiro atoms. The summed E-state index contributed by atoms with van der Waals surface area (Å²) in [7, 11) is 0. The van der Waals surface area contributed by atoms with E-state index in [0.29, 0.717) is 12.8 Å². The first-order valence-corrected chi connectivity index (χ1v) is 22.2. The molecule has 1 heterocycles. The number of carbonyl (C=O) groups excluding carboxylic acids is 9. The molecule has 5 aliphatic rings. The van der Waals surface area contributed by atoms with Crippen LogP contribution in [0.3, 0.4) is 0 Å². The fraction of sp³-hybridized carbons (Fsp3) is 0.674. The van der Waals surface area contributed by atoms with Gasteiger partial charge >= 0.3 is 35.9 Å². The minimum atomic E-state index is -2.47. The van der Waals surface area contributed by atoms with E-state index >= 15 is 4.79 Å². The molecule has 4 aliphatic carbocycles. The number of primary amides is 1. The smallest absolute Gasteiger partial charge is 0.408 e. The zero-order valence-electron chi connectivity index (χ0n) is 38.8. The molecule has 1 saturated heterocycles. The molecule has 368 valence electrons. The molecule has 6 rings (SSSR count). The van der Waals surface area contributed by atoms with E-state index in [1.54, 1.807) is 39.0 Å². The Morgan fingerprint density at radius 2 is 1.63 bits per heavy atom. The number of Topliss-reactive ketones (excluding diaryl/α,β-unsaturated/α-hetero) is 2. The maximum atomic E-state index is 15.0. The number of aliphatic hydroxyl groups is 2. The number of nitrogens with two attached hydrogens (primary N) is 2. The molecule has 1 aromatic rings. The number of hydrogen-bond acceptors (Lipinski definition) is 19. The Hall–Kier alpha value is -5.51. The zero-order chi connectivity index (χ0) is 49.8. The van der Waals surface area contributed by atoms with Gasteiger partial charge in [-0.3, -0.25) is 24.0 Å². The lowest BCUT2D eigenvalue weighted by Crippen LogP contribution is -2.82. The van der Waals surface area contributed by atoms with Gasteiger partial charge in [-0.1, -0.05) is 39.0 Å². The molecule has 2 bridgehead atoms. The molecule has 0 radical (unpaired) electrons. The van der Waals surface area contributed by atoms with Gasteiger partial charge in [0.15, 0.2) is 12.2 Å². The number of carbonyl (C=O) groups is 9. The minimum Gasteiger partial charge on any atom is -0.459 e. The number of hydrogen-bond donors (Lipinski definition) is 5. The first-order chi connectivity index (χ1) is 31.1. The SMILES string of the molecule is CC(=O)O[C@@]12CO[C@@H]1C[C@H](O)[C@@]1(C)C(=O)C(=O)C3C(C)[C@@H](OC(=O)[C@H](OC(=O)COC(=O)C[C@H](N)C(N)=O)[C@@H](NC(=O)OC(C)(C)C)C4CC4)C[C@@](O)([C@@H](OC(=O)c4ccccc4)[C@H]21)C3(C)C. The van der Waals surface area contributed by atoms with E-state index in [2.05, 4.69) is 5.32 Å². The van der Waals surface area contributed by atoms with Gasteiger partial charge in [-0.25, -0.2) is 19.2 Å². The number of aliphatic hydroxyl groups excluding tert-OH is 1. The van der Waals surface area contributed by atoms with Crippen molar-refractivity contribution in [3.05, 3.63) is 35.9 Å². The number of nitrogens with one attached hydrogen (secondary N) is 1. The fourth-order valence-electron chi connectivity index (χ4n) is 10.6. The lowest BCUT2D eigenvalue weighted by Gasteiger charge is -2.67. The summed E-state index contributed by atoms with van der Waals surface area (Å²) in [5, 5.41) is 28.1. The summed E-state index contributed by atoms with van der Waals surface area (Å²) in [5.74, 6) is -13.4. The summed E-state index contributed by atoms with van der Waals surface area (Å²) in [4.78, 5) is 122. The van der Waals surface area contributed by atoms with Crippen LogP contribution in [0.1, 0.15) is 97.9 Å². The number of esters is 5. The van der Waals surface area contributed by atoms with Crippen molar-refractivity contribution in [3.63, 3.8) is 0 Å². The second-order valence-corrected chi connectivity index (χ2v) is 20.2. The summed E-state index contributed by atoms with van der Waals surface area (Å²) in [6.07, 6.45) is -9.79. The van der Waals surface area contributed by atoms with Crippen LogP contribution in [0.5, 0.6) is 0 Å². The molecule has 5 fully saturated rings. The van der Waals surface area contributed by atoms with E-state index in [9.17, 15) is 48.6 Å². The molecule has 67 heavy (non-hydrogen) atoms. The summed E-state index contributed by atoms with van der Waals surface area (Å²) < 4.78 is 40.3. The highest BCUT2D eigenvalue weighted by Crippen LogP contribution is 2.64. The van der Waals surface area contributed by atoms with Crippen molar-refractivity contribution < 1.29 is 86.5 Å². The Kier molecular flexibility index (Phi) is 14.1. The lowest BCUT2D eigenvalue weighted by atomic mass is 9.42. The largest absolute Gasteiger partial charge is 0.459 e. The predicted octanol–water partition coefficient (Wildman–Crippen LogP) is 0.738. The van der Waals surface area contributed by atoms with E-state index in [1.165, 1.54) is 39.8 Å². The van der Waals surface area contributed by atoms with Crippen LogP contribution in [0, 0.1) is 34.5 Å². The summed E-state index contributed by atoms with van der Waals surface area (Å²) in [6, 6.07) is 4.93. The highest BCUT2D eigenvalue weighted by Gasteiger charge is 2.79. The van der Waals surface area contributed by atoms with E-state index in [-0.39, 0.29) is 18.6 Å². The van der Waals surface area contributed by atoms with Crippen molar-refractivity contribution in [3.8, 4) is 0 Å². The third-order valence-corrected chi connectivity index (χ3v) is 14.2. The van der Waals surface area contributed by atoms with Gasteiger partial charge in [0.05, 0.1) is 48.1 Å². The van der Waals surface area contributed by atoms with Crippen LogP contribution in [-0.2, 0) is 66.7 Å². The second-order valence-electron chi connectivity index (χ2n) is 20.2. The maximum absolute atomic E-state index is 15.0. The van der Waals surface area contributed by atoms with Crippen LogP contribution in [0.4, 0.5) is 4.79 Å². The van der Waals surface area contributed by atoms with Gasteiger partial charge in [-0.15, -0.1) is 0 Å². The first kappa shape index (κ1) is 50.9. The quantitative estimate of drug-likeness (QED) is 0.0975. The normalized spacial score (nSPS) is 33.2. The third kappa shape index (κ3) is 9.64. The Bertz CT molecular complexity index is 2170. The molecular weight excluding hydrogens is 883 g/mol. The number of amides is 2. The van der Waals surface area contributed by atoms with Crippen LogP contribution in [0.2, 0.25) is 0 Å². The van der Waals surface area contributed by atoms with Gasteiger partial charge in [0, 0.05) is 37.0 Å². The molecule has 0 aromatic heterocycles. The van der Waals surface area contributed by atoms with Crippen molar-refractivity contribution in [2.75, 3.05) is 13.2 Å². The summed E-state index contributed by atoms with van der Waals surface area (Å²) in [5.41, 5.74) is 1.50.